The van der Waals surface area contributed by atoms with Crippen LogP contribution in [0.3, 0.4) is 0 Å². The Labute approximate surface area is 74.0 Å². The summed E-state index contributed by atoms with van der Waals surface area (Å²) >= 11 is 0. The molecule has 1 heteroatoms. The summed E-state index contributed by atoms with van der Waals surface area (Å²) < 4.78 is 0. The van der Waals surface area contributed by atoms with E-state index >= 15 is 0 Å². The Bertz CT molecular complexity index is 257. The Kier molecular flexibility index (Phi) is 1.80. The maximum absolute atomic E-state index is 2.38. The van der Waals surface area contributed by atoms with Gasteiger partial charge in [-0.3, -0.25) is 0 Å². The quantitative estimate of drug-likeness (QED) is 0.602. The molecule has 1 aliphatic heterocycles. The largest absolute Gasteiger partial charge is 0.368 e. The number of hydrogen-bond acceptors (Lipinski definition) is 1. The van der Waals surface area contributed by atoms with E-state index in [-0.39, 0.29) is 0 Å². The smallest absolute Gasteiger partial charge is 0.0370 e. The molecule has 0 amide bonds. The standard InChI is InChI=1S/C11H15N/c1-9(2)10-4-3-5-11(8-10)12-6-7-12/h3-5,8-9H,6-7H2,1-2H3. The number of nitrogens with zero attached hydrogens (tertiary/aromatic N) is 1. The minimum absolute atomic E-state index is 0.643. The summed E-state index contributed by atoms with van der Waals surface area (Å²) in [6.45, 7) is 6.95. The number of rotatable bonds is 2. The molecule has 0 aromatic heterocycles. The summed E-state index contributed by atoms with van der Waals surface area (Å²) in [5.41, 5.74) is 2.83. The molecule has 1 aromatic rings. The number of anilines is 1. The van der Waals surface area contributed by atoms with Gasteiger partial charge in [0.2, 0.25) is 0 Å². The Hall–Kier alpha value is -0.980. The van der Waals surface area contributed by atoms with Crippen LogP contribution >= 0.6 is 0 Å². The van der Waals surface area contributed by atoms with Crippen molar-refractivity contribution in [1.29, 1.82) is 0 Å². The first-order valence-electron chi connectivity index (χ1n) is 4.62. The highest BCUT2D eigenvalue weighted by atomic mass is 15.3. The maximum Gasteiger partial charge on any atom is 0.0370 e. The lowest BCUT2D eigenvalue weighted by atomic mass is 10.0. The van der Waals surface area contributed by atoms with Gasteiger partial charge in [0.05, 0.1) is 0 Å². The lowest BCUT2D eigenvalue weighted by Crippen LogP contribution is -1.93. The molecule has 1 heterocycles. The van der Waals surface area contributed by atoms with Crippen LogP contribution in [0.15, 0.2) is 24.3 Å². The van der Waals surface area contributed by atoms with Crippen LogP contribution in [0.4, 0.5) is 5.69 Å². The molecule has 0 atom stereocenters. The Morgan fingerprint density at radius 3 is 2.58 bits per heavy atom. The lowest BCUT2D eigenvalue weighted by molar-refractivity contribution is 0.866. The van der Waals surface area contributed by atoms with Crippen LogP contribution in [0.1, 0.15) is 25.3 Å². The second-order valence-electron chi connectivity index (χ2n) is 3.74. The summed E-state index contributed by atoms with van der Waals surface area (Å²) in [4.78, 5) is 2.38. The van der Waals surface area contributed by atoms with Crippen LogP contribution in [0, 0.1) is 0 Å². The van der Waals surface area contributed by atoms with Crippen molar-refractivity contribution in [2.24, 2.45) is 0 Å². The normalized spacial score (nSPS) is 15.4. The molecule has 0 bridgehead atoms. The van der Waals surface area contributed by atoms with E-state index in [1.807, 2.05) is 0 Å². The molecular weight excluding hydrogens is 146 g/mol. The van der Waals surface area contributed by atoms with E-state index in [4.69, 9.17) is 0 Å². The van der Waals surface area contributed by atoms with Gasteiger partial charge in [0, 0.05) is 18.8 Å². The molecule has 0 saturated carbocycles. The Morgan fingerprint density at radius 1 is 1.25 bits per heavy atom. The fourth-order valence-corrected chi connectivity index (χ4v) is 1.39. The Morgan fingerprint density at radius 2 is 2.00 bits per heavy atom. The van der Waals surface area contributed by atoms with Crippen molar-refractivity contribution >= 4 is 5.69 Å². The second-order valence-corrected chi connectivity index (χ2v) is 3.74. The lowest BCUT2D eigenvalue weighted by Gasteiger charge is -2.08. The molecule has 1 aromatic carbocycles. The second kappa shape index (κ2) is 2.81. The molecule has 1 fully saturated rings. The highest BCUT2D eigenvalue weighted by Crippen LogP contribution is 2.24. The predicted octanol–water partition coefficient (Wildman–Crippen LogP) is 2.63. The van der Waals surface area contributed by atoms with Gasteiger partial charge in [-0.05, 0) is 23.6 Å². The highest BCUT2D eigenvalue weighted by molar-refractivity contribution is 5.53. The van der Waals surface area contributed by atoms with Gasteiger partial charge in [0.25, 0.3) is 0 Å². The third-order valence-corrected chi connectivity index (χ3v) is 2.35. The molecule has 0 spiro atoms. The van der Waals surface area contributed by atoms with Crippen LogP contribution in [-0.2, 0) is 0 Å². The zero-order chi connectivity index (χ0) is 8.55. The summed E-state index contributed by atoms with van der Waals surface area (Å²) in [6.07, 6.45) is 0. The first-order chi connectivity index (χ1) is 5.77. The SMILES string of the molecule is CC(C)c1cccc(N2CC2)c1. The first-order valence-corrected chi connectivity index (χ1v) is 4.62. The first kappa shape index (κ1) is 7.66. The van der Waals surface area contributed by atoms with Crippen LogP contribution in [0.2, 0.25) is 0 Å². The van der Waals surface area contributed by atoms with Crippen molar-refractivity contribution in [3.63, 3.8) is 0 Å². The van der Waals surface area contributed by atoms with Gasteiger partial charge in [0.15, 0.2) is 0 Å². The van der Waals surface area contributed by atoms with E-state index in [1.54, 1.807) is 0 Å². The monoisotopic (exact) mass is 161 g/mol. The van der Waals surface area contributed by atoms with E-state index in [2.05, 4.69) is 43.0 Å². The minimum atomic E-state index is 0.643. The van der Waals surface area contributed by atoms with Crippen molar-refractivity contribution in [2.75, 3.05) is 18.0 Å². The molecule has 0 N–H and O–H groups in total. The van der Waals surface area contributed by atoms with Gasteiger partial charge in [-0.25, -0.2) is 0 Å². The van der Waals surface area contributed by atoms with Gasteiger partial charge in [-0.1, -0.05) is 26.0 Å². The fourth-order valence-electron chi connectivity index (χ4n) is 1.39. The van der Waals surface area contributed by atoms with Crippen molar-refractivity contribution < 1.29 is 0 Å². The summed E-state index contributed by atoms with van der Waals surface area (Å²) in [5.74, 6) is 0.643. The molecule has 0 radical (unpaired) electrons. The van der Waals surface area contributed by atoms with Gasteiger partial charge >= 0.3 is 0 Å². The molecule has 0 aliphatic carbocycles. The predicted molar refractivity (Wildman–Crippen MR) is 52.7 cm³/mol. The van der Waals surface area contributed by atoms with Crippen LogP contribution in [0.5, 0.6) is 0 Å². The van der Waals surface area contributed by atoms with Crippen LogP contribution in [0.25, 0.3) is 0 Å². The highest BCUT2D eigenvalue weighted by Gasteiger charge is 2.17. The summed E-state index contributed by atoms with van der Waals surface area (Å²) in [7, 11) is 0. The van der Waals surface area contributed by atoms with E-state index in [0.717, 1.165) is 0 Å². The number of benzene rings is 1. The fraction of sp³-hybridized carbons (Fsp3) is 0.455. The van der Waals surface area contributed by atoms with Crippen LogP contribution < -0.4 is 4.90 Å². The molecule has 2 rings (SSSR count). The topological polar surface area (TPSA) is 3.01 Å². The van der Waals surface area contributed by atoms with Gasteiger partial charge < -0.3 is 4.90 Å². The van der Waals surface area contributed by atoms with Crippen molar-refractivity contribution in [1.82, 2.24) is 0 Å². The molecular formula is C11H15N. The minimum Gasteiger partial charge on any atom is -0.368 e. The summed E-state index contributed by atoms with van der Waals surface area (Å²) in [6, 6.07) is 8.86. The molecule has 1 aliphatic rings. The van der Waals surface area contributed by atoms with E-state index in [0.29, 0.717) is 5.92 Å². The third kappa shape index (κ3) is 1.45. The van der Waals surface area contributed by atoms with Crippen molar-refractivity contribution in [3.8, 4) is 0 Å². The zero-order valence-electron chi connectivity index (χ0n) is 7.75. The summed E-state index contributed by atoms with van der Waals surface area (Å²) in [5, 5.41) is 0. The zero-order valence-corrected chi connectivity index (χ0v) is 7.75. The van der Waals surface area contributed by atoms with Gasteiger partial charge in [-0.2, -0.15) is 0 Å². The van der Waals surface area contributed by atoms with E-state index in [9.17, 15) is 0 Å². The average Bonchev–Trinajstić information content (AvgIpc) is 2.87. The van der Waals surface area contributed by atoms with E-state index in [1.165, 1.54) is 24.3 Å². The van der Waals surface area contributed by atoms with Crippen molar-refractivity contribution in [3.05, 3.63) is 29.8 Å². The maximum atomic E-state index is 2.38. The number of hydrogen-bond donors (Lipinski definition) is 0. The van der Waals surface area contributed by atoms with Crippen molar-refractivity contribution in [2.45, 2.75) is 19.8 Å². The van der Waals surface area contributed by atoms with Gasteiger partial charge in [0.1, 0.15) is 0 Å². The molecule has 64 valence electrons. The van der Waals surface area contributed by atoms with E-state index < -0.39 is 0 Å². The Balaban J connectivity index is 2.26. The molecule has 0 unspecified atom stereocenters. The third-order valence-electron chi connectivity index (χ3n) is 2.35. The average molecular weight is 161 g/mol. The van der Waals surface area contributed by atoms with Crippen LogP contribution in [-0.4, -0.2) is 13.1 Å². The molecule has 12 heavy (non-hydrogen) atoms. The molecule has 1 nitrogen and oxygen atoms in total. The van der Waals surface area contributed by atoms with Gasteiger partial charge in [-0.15, -0.1) is 0 Å². The molecule has 1 saturated heterocycles.